The first-order valence-corrected chi connectivity index (χ1v) is 4.31. The number of carbonyl (C=O) groups is 1. The molecule has 1 aliphatic rings. The fourth-order valence-electron chi connectivity index (χ4n) is 1.18. The molecule has 0 saturated carbocycles. The van der Waals surface area contributed by atoms with Gasteiger partial charge in [0.25, 0.3) is 0 Å². The number of amides is 1. The Morgan fingerprint density at radius 1 is 1.85 bits per heavy atom. The van der Waals surface area contributed by atoms with Crippen molar-refractivity contribution in [2.75, 3.05) is 13.2 Å². The smallest absolute Gasteiger partial charge is 0.238 e. The number of carbonyl (C=O) groups excluding carboxylic acids is 1. The van der Waals surface area contributed by atoms with Crippen molar-refractivity contribution in [3.63, 3.8) is 0 Å². The molecule has 4 nitrogen and oxygen atoms in total. The molecule has 1 heterocycles. The summed E-state index contributed by atoms with van der Waals surface area (Å²) in [5, 5.41) is 2.78. The van der Waals surface area contributed by atoms with Gasteiger partial charge < -0.3 is 15.8 Å². The molecule has 1 fully saturated rings. The average molecular weight is 182 g/mol. The molecule has 0 aromatic carbocycles. The Balaban J connectivity index is 2.27. The second-order valence-electron chi connectivity index (χ2n) is 3.08. The van der Waals surface area contributed by atoms with Crippen molar-refractivity contribution in [2.24, 2.45) is 5.73 Å². The molecular formula is C9H14N2O2. The number of hydrogen-bond donors (Lipinski definition) is 2. The lowest BCUT2D eigenvalue weighted by Crippen LogP contribution is -2.45. The van der Waals surface area contributed by atoms with E-state index in [-0.39, 0.29) is 18.4 Å². The minimum atomic E-state index is -0.592. The minimum absolute atomic E-state index is 0.108. The molecule has 0 spiro atoms. The summed E-state index contributed by atoms with van der Waals surface area (Å²) in [5.41, 5.74) is 5.51. The molecule has 1 amide bonds. The van der Waals surface area contributed by atoms with Crippen LogP contribution in [0.2, 0.25) is 0 Å². The van der Waals surface area contributed by atoms with E-state index in [9.17, 15) is 4.79 Å². The zero-order valence-corrected chi connectivity index (χ0v) is 7.45. The van der Waals surface area contributed by atoms with Crippen LogP contribution in [0.4, 0.5) is 0 Å². The van der Waals surface area contributed by atoms with Crippen molar-refractivity contribution in [2.45, 2.75) is 24.9 Å². The molecule has 1 saturated heterocycles. The number of hydrogen-bond acceptors (Lipinski definition) is 3. The van der Waals surface area contributed by atoms with E-state index in [1.807, 2.05) is 0 Å². The summed E-state index contributed by atoms with van der Waals surface area (Å²) in [6.45, 7) is 1.28. The molecule has 1 rings (SSSR count). The first kappa shape index (κ1) is 10.0. The van der Waals surface area contributed by atoms with Gasteiger partial charge in [-0.15, -0.1) is 12.3 Å². The molecule has 3 N–H and O–H groups in total. The van der Waals surface area contributed by atoms with Gasteiger partial charge in [0.15, 0.2) is 0 Å². The molecule has 4 heteroatoms. The molecule has 72 valence electrons. The van der Waals surface area contributed by atoms with E-state index < -0.39 is 6.04 Å². The van der Waals surface area contributed by atoms with Gasteiger partial charge in [0.05, 0.1) is 18.7 Å². The normalized spacial score (nSPS) is 23.5. The third kappa shape index (κ3) is 3.05. The van der Waals surface area contributed by atoms with Crippen molar-refractivity contribution in [1.82, 2.24) is 5.32 Å². The predicted octanol–water partition coefficient (Wildman–Crippen LogP) is -0.758. The van der Waals surface area contributed by atoms with Gasteiger partial charge in [-0.2, -0.15) is 0 Å². The third-order valence-electron chi connectivity index (χ3n) is 1.95. The van der Waals surface area contributed by atoms with Gasteiger partial charge in [0.1, 0.15) is 0 Å². The van der Waals surface area contributed by atoms with Crippen LogP contribution in [0, 0.1) is 12.3 Å². The van der Waals surface area contributed by atoms with Gasteiger partial charge in [-0.05, 0) is 6.42 Å². The fraction of sp³-hybridized carbons (Fsp3) is 0.667. The van der Waals surface area contributed by atoms with Gasteiger partial charge in [-0.3, -0.25) is 4.79 Å². The molecule has 1 aliphatic heterocycles. The van der Waals surface area contributed by atoms with Gasteiger partial charge in [-0.25, -0.2) is 0 Å². The molecule has 13 heavy (non-hydrogen) atoms. The summed E-state index contributed by atoms with van der Waals surface area (Å²) in [4.78, 5) is 11.3. The lowest BCUT2D eigenvalue weighted by Gasteiger charge is -2.13. The Kier molecular flexibility index (Phi) is 3.74. The zero-order chi connectivity index (χ0) is 9.68. The monoisotopic (exact) mass is 182 g/mol. The summed E-state index contributed by atoms with van der Waals surface area (Å²) >= 11 is 0. The van der Waals surface area contributed by atoms with Crippen LogP contribution in [0.25, 0.3) is 0 Å². The highest BCUT2D eigenvalue weighted by molar-refractivity contribution is 5.82. The van der Waals surface area contributed by atoms with Crippen LogP contribution in [0.1, 0.15) is 12.8 Å². The summed E-state index contributed by atoms with van der Waals surface area (Å²) in [5.74, 6) is 2.17. The maximum atomic E-state index is 11.3. The van der Waals surface area contributed by atoms with E-state index in [0.717, 1.165) is 6.42 Å². The van der Waals surface area contributed by atoms with Crippen LogP contribution in [0.3, 0.4) is 0 Å². The van der Waals surface area contributed by atoms with Crippen LogP contribution >= 0.6 is 0 Å². The van der Waals surface area contributed by atoms with Crippen LogP contribution in [-0.2, 0) is 9.53 Å². The van der Waals surface area contributed by atoms with E-state index in [1.54, 1.807) is 0 Å². The van der Waals surface area contributed by atoms with E-state index in [1.165, 1.54) is 0 Å². The fourth-order valence-corrected chi connectivity index (χ4v) is 1.18. The van der Waals surface area contributed by atoms with Crippen molar-refractivity contribution in [1.29, 1.82) is 0 Å². The van der Waals surface area contributed by atoms with E-state index in [2.05, 4.69) is 11.2 Å². The first-order chi connectivity index (χ1) is 6.24. The lowest BCUT2D eigenvalue weighted by molar-refractivity contribution is -0.122. The SMILES string of the molecule is C#CCC(N)C(=O)NC1CCOC1. The maximum Gasteiger partial charge on any atom is 0.238 e. The molecule has 0 bridgehead atoms. The second kappa shape index (κ2) is 4.85. The average Bonchev–Trinajstić information content (AvgIpc) is 2.57. The molecular weight excluding hydrogens is 168 g/mol. The van der Waals surface area contributed by atoms with E-state index >= 15 is 0 Å². The Morgan fingerprint density at radius 2 is 2.62 bits per heavy atom. The van der Waals surface area contributed by atoms with Gasteiger partial charge in [0, 0.05) is 13.0 Å². The molecule has 0 aliphatic carbocycles. The van der Waals surface area contributed by atoms with Crippen molar-refractivity contribution in [3.8, 4) is 12.3 Å². The minimum Gasteiger partial charge on any atom is -0.379 e. The molecule has 2 atom stereocenters. The predicted molar refractivity (Wildman–Crippen MR) is 48.8 cm³/mol. The summed E-state index contributed by atoms with van der Waals surface area (Å²) in [6.07, 6.45) is 6.17. The van der Waals surface area contributed by atoms with Gasteiger partial charge in [-0.1, -0.05) is 0 Å². The Labute approximate surface area is 77.8 Å². The quantitative estimate of drug-likeness (QED) is 0.564. The Bertz CT molecular complexity index is 216. The van der Waals surface area contributed by atoms with Crippen LogP contribution < -0.4 is 11.1 Å². The van der Waals surface area contributed by atoms with Crippen molar-refractivity contribution >= 4 is 5.91 Å². The third-order valence-corrected chi connectivity index (χ3v) is 1.95. The summed E-state index contributed by atoms with van der Waals surface area (Å²) < 4.78 is 5.10. The Hall–Kier alpha value is -1.05. The highest BCUT2D eigenvalue weighted by Crippen LogP contribution is 2.03. The highest BCUT2D eigenvalue weighted by Gasteiger charge is 2.20. The first-order valence-electron chi connectivity index (χ1n) is 4.31. The number of nitrogens with one attached hydrogen (secondary N) is 1. The largest absolute Gasteiger partial charge is 0.379 e. The second-order valence-corrected chi connectivity index (χ2v) is 3.08. The van der Waals surface area contributed by atoms with Gasteiger partial charge in [0.2, 0.25) is 5.91 Å². The van der Waals surface area contributed by atoms with Gasteiger partial charge >= 0.3 is 0 Å². The molecule has 0 aromatic rings. The number of terminal acetylenes is 1. The topological polar surface area (TPSA) is 64.4 Å². The highest BCUT2D eigenvalue weighted by atomic mass is 16.5. The van der Waals surface area contributed by atoms with Crippen LogP contribution in [-0.4, -0.2) is 31.2 Å². The summed E-state index contributed by atoms with van der Waals surface area (Å²) in [7, 11) is 0. The van der Waals surface area contributed by atoms with E-state index in [4.69, 9.17) is 16.9 Å². The standard InChI is InChI=1S/C9H14N2O2/c1-2-3-8(10)9(12)11-7-4-5-13-6-7/h1,7-8H,3-6,10H2,(H,11,12). The van der Waals surface area contributed by atoms with Crippen molar-refractivity contribution in [3.05, 3.63) is 0 Å². The lowest BCUT2D eigenvalue weighted by atomic mass is 10.2. The van der Waals surface area contributed by atoms with Crippen molar-refractivity contribution < 1.29 is 9.53 Å². The molecule has 2 unspecified atom stereocenters. The maximum absolute atomic E-state index is 11.3. The molecule has 0 aromatic heterocycles. The number of nitrogens with two attached hydrogens (primary N) is 1. The molecule has 0 radical (unpaired) electrons. The summed E-state index contributed by atoms with van der Waals surface area (Å²) in [6, 6.07) is -0.484. The zero-order valence-electron chi connectivity index (χ0n) is 7.45. The van der Waals surface area contributed by atoms with Crippen LogP contribution in [0.15, 0.2) is 0 Å². The number of rotatable bonds is 3. The number of ether oxygens (including phenoxy) is 1. The van der Waals surface area contributed by atoms with E-state index in [0.29, 0.717) is 13.2 Å². The Morgan fingerprint density at radius 3 is 3.15 bits per heavy atom. The van der Waals surface area contributed by atoms with Crippen LogP contribution in [0.5, 0.6) is 0 Å².